The SMILES string of the molecule is COc1ccc(C(=O)C[C@@]2(O)C(=O)N(Cc3cccc4ccccc34)c3ccccc32)cc1. The molecule has 0 fully saturated rings. The molecule has 4 aromatic rings. The highest BCUT2D eigenvalue weighted by Gasteiger charge is 2.50. The number of aliphatic hydroxyl groups is 1. The molecule has 1 N–H and O–H groups in total. The molecule has 1 amide bonds. The number of hydrogen-bond donors (Lipinski definition) is 1. The van der Waals surface area contributed by atoms with E-state index in [0.717, 1.165) is 16.3 Å². The standard InChI is InChI=1S/C28H23NO4/c1-33-22-15-13-20(14-16-22)26(30)17-28(32)24-11-4-5-12-25(24)29(27(28)31)18-21-9-6-8-19-7-2-3-10-23(19)21/h2-16,32H,17-18H2,1H3/t28-/m0/s1. The van der Waals surface area contributed by atoms with Crippen molar-refractivity contribution < 1.29 is 19.4 Å². The molecule has 4 aromatic carbocycles. The van der Waals surface area contributed by atoms with E-state index in [2.05, 4.69) is 0 Å². The summed E-state index contributed by atoms with van der Waals surface area (Å²) in [5.41, 5.74) is 0.555. The zero-order chi connectivity index (χ0) is 23.0. The molecule has 0 saturated heterocycles. The van der Waals surface area contributed by atoms with Crippen LogP contribution in [0.15, 0.2) is 91.0 Å². The number of amides is 1. The summed E-state index contributed by atoms with van der Waals surface area (Å²) in [5, 5.41) is 13.7. The molecular weight excluding hydrogens is 414 g/mol. The fraction of sp³-hybridized carbons (Fsp3) is 0.143. The summed E-state index contributed by atoms with van der Waals surface area (Å²) in [6.07, 6.45) is -0.332. The van der Waals surface area contributed by atoms with Gasteiger partial charge < -0.3 is 14.7 Å². The molecule has 0 unspecified atom stereocenters. The van der Waals surface area contributed by atoms with Crippen LogP contribution in [0.2, 0.25) is 0 Å². The number of ketones is 1. The van der Waals surface area contributed by atoms with E-state index in [0.29, 0.717) is 29.1 Å². The predicted molar refractivity (Wildman–Crippen MR) is 127 cm³/mol. The summed E-state index contributed by atoms with van der Waals surface area (Å²) in [6, 6.07) is 27.8. The van der Waals surface area contributed by atoms with Gasteiger partial charge >= 0.3 is 0 Å². The average Bonchev–Trinajstić information content (AvgIpc) is 3.06. The molecule has 0 aliphatic carbocycles. The minimum absolute atomic E-state index is 0.302. The van der Waals surface area contributed by atoms with Crippen LogP contribution in [-0.2, 0) is 16.9 Å². The maximum atomic E-state index is 13.6. The zero-order valence-electron chi connectivity index (χ0n) is 18.2. The van der Waals surface area contributed by atoms with E-state index in [1.165, 1.54) is 0 Å². The maximum absolute atomic E-state index is 13.6. The van der Waals surface area contributed by atoms with Crippen molar-refractivity contribution in [3.63, 3.8) is 0 Å². The number of rotatable bonds is 6. The number of hydrogen-bond acceptors (Lipinski definition) is 4. The van der Waals surface area contributed by atoms with Gasteiger partial charge in [-0.1, -0.05) is 60.7 Å². The quantitative estimate of drug-likeness (QED) is 0.438. The summed E-state index contributed by atoms with van der Waals surface area (Å²) in [6.45, 7) is 0.302. The molecule has 0 radical (unpaired) electrons. The molecule has 1 atom stereocenters. The summed E-state index contributed by atoms with van der Waals surface area (Å²) >= 11 is 0. The van der Waals surface area contributed by atoms with E-state index in [-0.39, 0.29) is 12.2 Å². The van der Waals surface area contributed by atoms with Crippen LogP contribution in [0.4, 0.5) is 5.69 Å². The van der Waals surface area contributed by atoms with E-state index in [4.69, 9.17) is 4.74 Å². The first-order chi connectivity index (χ1) is 16.0. The van der Waals surface area contributed by atoms with Gasteiger partial charge in [-0.2, -0.15) is 0 Å². The molecule has 0 spiro atoms. The summed E-state index contributed by atoms with van der Waals surface area (Å²) in [5.74, 6) is -0.164. The number of anilines is 1. The van der Waals surface area contributed by atoms with Crippen LogP contribution < -0.4 is 9.64 Å². The van der Waals surface area contributed by atoms with Gasteiger partial charge in [-0.3, -0.25) is 9.59 Å². The van der Waals surface area contributed by atoms with Gasteiger partial charge in [0.1, 0.15) is 5.75 Å². The van der Waals surface area contributed by atoms with Gasteiger partial charge in [-0.05, 0) is 46.7 Å². The van der Waals surface area contributed by atoms with Crippen molar-refractivity contribution in [3.8, 4) is 5.75 Å². The number of carbonyl (C=O) groups is 2. The molecule has 1 aliphatic rings. The topological polar surface area (TPSA) is 66.8 Å². The van der Waals surface area contributed by atoms with Gasteiger partial charge in [0.15, 0.2) is 11.4 Å². The van der Waals surface area contributed by atoms with E-state index >= 15 is 0 Å². The molecule has 5 heteroatoms. The second kappa shape index (κ2) is 8.19. The van der Waals surface area contributed by atoms with Crippen molar-refractivity contribution in [2.45, 2.75) is 18.6 Å². The zero-order valence-corrected chi connectivity index (χ0v) is 18.2. The third kappa shape index (κ3) is 3.56. The smallest absolute Gasteiger partial charge is 0.264 e. The average molecular weight is 437 g/mol. The van der Waals surface area contributed by atoms with Crippen molar-refractivity contribution in [2.75, 3.05) is 12.0 Å². The minimum Gasteiger partial charge on any atom is -0.497 e. The van der Waals surface area contributed by atoms with Gasteiger partial charge in [0.05, 0.1) is 25.8 Å². The largest absolute Gasteiger partial charge is 0.497 e. The molecule has 33 heavy (non-hydrogen) atoms. The lowest BCUT2D eigenvalue weighted by atomic mass is 9.88. The van der Waals surface area contributed by atoms with Gasteiger partial charge in [-0.15, -0.1) is 0 Å². The number of Topliss-reactive ketones (excluding diaryl/α,β-unsaturated/α-hetero) is 1. The van der Waals surface area contributed by atoms with Crippen LogP contribution in [0.1, 0.15) is 27.9 Å². The summed E-state index contributed by atoms with van der Waals surface area (Å²) in [7, 11) is 1.55. The second-order valence-corrected chi connectivity index (χ2v) is 8.24. The van der Waals surface area contributed by atoms with Gasteiger partial charge in [0, 0.05) is 11.1 Å². The monoisotopic (exact) mass is 437 g/mol. The Labute approximate surface area is 191 Å². The Morgan fingerprint density at radius 3 is 2.39 bits per heavy atom. The summed E-state index contributed by atoms with van der Waals surface area (Å²) in [4.78, 5) is 28.2. The van der Waals surface area contributed by atoms with E-state index in [1.54, 1.807) is 48.4 Å². The lowest BCUT2D eigenvalue weighted by Gasteiger charge is -2.23. The molecule has 0 bridgehead atoms. The molecule has 164 valence electrons. The van der Waals surface area contributed by atoms with E-state index in [9.17, 15) is 14.7 Å². The lowest BCUT2D eigenvalue weighted by molar-refractivity contribution is -0.136. The number of ether oxygens (including phenoxy) is 1. The number of methoxy groups -OCH3 is 1. The number of carbonyl (C=O) groups excluding carboxylic acids is 2. The van der Waals surface area contributed by atoms with Gasteiger partial charge in [0.2, 0.25) is 0 Å². The molecule has 5 rings (SSSR count). The van der Waals surface area contributed by atoms with Gasteiger partial charge in [-0.25, -0.2) is 0 Å². The third-order valence-corrected chi connectivity index (χ3v) is 6.28. The van der Waals surface area contributed by atoms with Crippen molar-refractivity contribution in [2.24, 2.45) is 0 Å². The Balaban J connectivity index is 1.49. The van der Waals surface area contributed by atoms with Crippen LogP contribution in [-0.4, -0.2) is 23.9 Å². The first kappa shape index (κ1) is 20.9. The number of fused-ring (bicyclic) bond motifs is 2. The third-order valence-electron chi connectivity index (χ3n) is 6.28. The Hall–Kier alpha value is -3.96. The number of benzene rings is 4. The van der Waals surface area contributed by atoms with E-state index in [1.807, 2.05) is 54.6 Å². The molecule has 5 nitrogen and oxygen atoms in total. The van der Waals surface area contributed by atoms with Crippen LogP contribution in [0.5, 0.6) is 5.75 Å². The van der Waals surface area contributed by atoms with Crippen LogP contribution in [0.3, 0.4) is 0 Å². The maximum Gasteiger partial charge on any atom is 0.264 e. The molecule has 0 aromatic heterocycles. The second-order valence-electron chi connectivity index (χ2n) is 8.24. The van der Waals surface area contributed by atoms with Crippen molar-refractivity contribution >= 4 is 28.2 Å². The Morgan fingerprint density at radius 1 is 0.909 bits per heavy atom. The Morgan fingerprint density at radius 2 is 1.61 bits per heavy atom. The normalized spacial score (nSPS) is 17.3. The highest BCUT2D eigenvalue weighted by molar-refractivity contribution is 6.11. The predicted octanol–water partition coefficient (Wildman–Crippen LogP) is 4.86. The van der Waals surface area contributed by atoms with Crippen LogP contribution >= 0.6 is 0 Å². The molecule has 1 aliphatic heterocycles. The highest BCUT2D eigenvalue weighted by Crippen LogP contribution is 2.44. The molecule has 1 heterocycles. The minimum atomic E-state index is -1.92. The number of nitrogens with zero attached hydrogens (tertiary/aromatic N) is 1. The summed E-state index contributed by atoms with van der Waals surface area (Å²) < 4.78 is 5.15. The fourth-order valence-corrected chi connectivity index (χ4v) is 4.55. The Kier molecular flexibility index (Phi) is 5.19. The lowest BCUT2D eigenvalue weighted by Crippen LogP contribution is -2.41. The fourth-order valence-electron chi connectivity index (χ4n) is 4.55. The van der Waals surface area contributed by atoms with Crippen molar-refractivity contribution in [3.05, 3.63) is 108 Å². The number of para-hydroxylation sites is 1. The Bertz CT molecular complexity index is 1360. The van der Waals surface area contributed by atoms with Crippen molar-refractivity contribution in [1.29, 1.82) is 0 Å². The molecular formula is C28H23NO4. The first-order valence-corrected chi connectivity index (χ1v) is 10.8. The highest BCUT2D eigenvalue weighted by atomic mass is 16.5. The molecule has 0 saturated carbocycles. The van der Waals surface area contributed by atoms with Crippen LogP contribution in [0, 0.1) is 0 Å². The first-order valence-electron chi connectivity index (χ1n) is 10.8. The van der Waals surface area contributed by atoms with Crippen LogP contribution in [0.25, 0.3) is 10.8 Å². The van der Waals surface area contributed by atoms with Crippen molar-refractivity contribution in [1.82, 2.24) is 0 Å². The van der Waals surface area contributed by atoms with Gasteiger partial charge in [0.25, 0.3) is 5.91 Å². The van der Waals surface area contributed by atoms with E-state index < -0.39 is 11.5 Å².